The van der Waals surface area contributed by atoms with E-state index >= 15 is 0 Å². The van der Waals surface area contributed by atoms with E-state index in [0.717, 1.165) is 16.5 Å². The fourth-order valence-electron chi connectivity index (χ4n) is 4.22. The molecule has 174 valence electrons. The van der Waals surface area contributed by atoms with Gasteiger partial charge < -0.3 is 23.9 Å². The Morgan fingerprint density at radius 1 is 1.06 bits per heavy atom. The topological polar surface area (TPSA) is 86.9 Å². The molecule has 2 aromatic carbocycles. The predicted octanol–water partition coefficient (Wildman–Crippen LogP) is 5.31. The molecule has 0 unspecified atom stereocenters. The number of para-hydroxylation sites is 1. The molecule has 33 heavy (non-hydrogen) atoms. The van der Waals surface area contributed by atoms with Crippen molar-refractivity contribution < 1.29 is 28.5 Å². The van der Waals surface area contributed by atoms with Crippen molar-refractivity contribution in [3.05, 3.63) is 58.2 Å². The van der Waals surface area contributed by atoms with E-state index < -0.39 is 29.6 Å². The normalized spacial score (nSPS) is 16.9. The van der Waals surface area contributed by atoms with Crippen LogP contribution in [0.15, 0.2) is 47.1 Å². The molecule has 8 heteroatoms. The van der Waals surface area contributed by atoms with E-state index in [-0.39, 0.29) is 0 Å². The van der Waals surface area contributed by atoms with Crippen LogP contribution < -0.4 is 9.47 Å². The van der Waals surface area contributed by atoms with Crippen molar-refractivity contribution in [2.24, 2.45) is 5.92 Å². The molecule has 3 aromatic rings. The molecule has 0 saturated carbocycles. The summed E-state index contributed by atoms with van der Waals surface area (Å²) in [5.41, 5.74) is 2.37. The number of carbonyl (C=O) groups excluding carboxylic acids is 2. The maximum absolute atomic E-state index is 13.1. The van der Waals surface area contributed by atoms with E-state index in [0.29, 0.717) is 34.7 Å². The summed E-state index contributed by atoms with van der Waals surface area (Å²) >= 11 is 3.58. The van der Waals surface area contributed by atoms with Crippen molar-refractivity contribution in [1.82, 2.24) is 4.98 Å². The Labute approximate surface area is 200 Å². The second-order valence-corrected chi connectivity index (χ2v) is 9.04. The van der Waals surface area contributed by atoms with Crippen LogP contribution in [-0.4, -0.2) is 35.9 Å². The Morgan fingerprint density at radius 3 is 2.39 bits per heavy atom. The van der Waals surface area contributed by atoms with Gasteiger partial charge in [0.1, 0.15) is 0 Å². The maximum atomic E-state index is 13.1. The van der Waals surface area contributed by atoms with Crippen LogP contribution >= 0.6 is 15.9 Å². The van der Waals surface area contributed by atoms with E-state index in [4.69, 9.17) is 18.9 Å². The smallest absolute Gasteiger partial charge is 0.324 e. The number of H-pyrrole nitrogens is 1. The van der Waals surface area contributed by atoms with Gasteiger partial charge in [-0.1, -0.05) is 18.2 Å². The molecule has 1 atom stereocenters. The first-order chi connectivity index (χ1) is 15.8. The van der Waals surface area contributed by atoms with Gasteiger partial charge in [0.05, 0.1) is 17.7 Å². The van der Waals surface area contributed by atoms with Crippen LogP contribution in [0.1, 0.15) is 44.7 Å². The summed E-state index contributed by atoms with van der Waals surface area (Å²) in [5.74, 6) is -3.35. The summed E-state index contributed by atoms with van der Waals surface area (Å²) in [4.78, 5) is 29.5. The minimum absolute atomic E-state index is 0.426. The molecule has 0 aliphatic carbocycles. The van der Waals surface area contributed by atoms with Gasteiger partial charge in [-0.2, -0.15) is 0 Å². The minimum atomic E-state index is -1.31. The lowest BCUT2D eigenvalue weighted by Crippen LogP contribution is -2.48. The largest absolute Gasteiger partial charge is 0.490 e. The number of aromatic amines is 1. The zero-order valence-electron chi connectivity index (χ0n) is 18.9. The number of esters is 2. The molecule has 1 aliphatic heterocycles. The third kappa shape index (κ3) is 4.44. The average Bonchev–Trinajstić information content (AvgIpc) is 3.16. The first kappa shape index (κ1) is 23.2. The number of hydrogen-bond donors (Lipinski definition) is 1. The van der Waals surface area contributed by atoms with Crippen LogP contribution in [0.2, 0.25) is 0 Å². The molecule has 1 aliphatic rings. The maximum Gasteiger partial charge on any atom is 0.324 e. The fraction of sp³-hybridized carbons (Fsp3) is 0.360. The zero-order chi connectivity index (χ0) is 23.8. The first-order valence-electron chi connectivity index (χ1n) is 10.9. The van der Waals surface area contributed by atoms with E-state index in [1.807, 2.05) is 56.4 Å². The van der Waals surface area contributed by atoms with Crippen LogP contribution in [0.3, 0.4) is 0 Å². The van der Waals surface area contributed by atoms with E-state index in [2.05, 4.69) is 20.9 Å². The molecule has 0 spiro atoms. The molecular formula is C25H26BrNO6. The number of halogens is 1. The van der Waals surface area contributed by atoms with Gasteiger partial charge >= 0.3 is 11.9 Å². The minimum Gasteiger partial charge on any atom is -0.490 e. The van der Waals surface area contributed by atoms with Crippen molar-refractivity contribution in [3.8, 4) is 11.5 Å². The van der Waals surface area contributed by atoms with Gasteiger partial charge in [0.2, 0.25) is 0 Å². The highest BCUT2D eigenvalue weighted by Crippen LogP contribution is 2.45. The predicted molar refractivity (Wildman–Crippen MR) is 126 cm³/mol. The van der Waals surface area contributed by atoms with E-state index in [1.54, 1.807) is 13.8 Å². The quantitative estimate of drug-likeness (QED) is 0.338. The molecule has 0 radical (unpaired) electrons. The van der Waals surface area contributed by atoms with Crippen LogP contribution in [0, 0.1) is 5.92 Å². The van der Waals surface area contributed by atoms with Crippen LogP contribution in [0.4, 0.5) is 0 Å². The van der Waals surface area contributed by atoms with Gasteiger partial charge in [-0.3, -0.25) is 9.59 Å². The molecule has 0 amide bonds. The highest BCUT2D eigenvalue weighted by atomic mass is 79.9. The van der Waals surface area contributed by atoms with Crippen molar-refractivity contribution in [3.63, 3.8) is 0 Å². The summed E-state index contributed by atoms with van der Waals surface area (Å²) in [6.45, 7) is 7.74. The fourth-order valence-corrected chi connectivity index (χ4v) is 4.79. The molecule has 7 nitrogen and oxygen atoms in total. The number of aromatic nitrogens is 1. The Bertz CT molecular complexity index is 1180. The Morgan fingerprint density at radius 2 is 1.73 bits per heavy atom. The summed E-state index contributed by atoms with van der Waals surface area (Å²) in [5, 5.41) is 0.899. The summed E-state index contributed by atoms with van der Waals surface area (Å²) < 4.78 is 23.2. The molecule has 1 saturated heterocycles. The van der Waals surface area contributed by atoms with Gasteiger partial charge in [-0.25, -0.2) is 0 Å². The number of cyclic esters (lactones) is 2. The number of rotatable bonds is 7. The first-order valence-corrected chi connectivity index (χ1v) is 11.7. The molecule has 4 rings (SSSR count). The number of hydrogen-bond acceptors (Lipinski definition) is 6. The molecule has 1 aromatic heterocycles. The van der Waals surface area contributed by atoms with Gasteiger partial charge in [-0.15, -0.1) is 0 Å². The van der Waals surface area contributed by atoms with Gasteiger partial charge in [0.15, 0.2) is 17.4 Å². The lowest BCUT2D eigenvalue weighted by atomic mass is 9.80. The Hall–Kier alpha value is -3.00. The van der Waals surface area contributed by atoms with Crippen molar-refractivity contribution >= 4 is 38.8 Å². The molecule has 0 bridgehead atoms. The second kappa shape index (κ2) is 9.09. The lowest BCUT2D eigenvalue weighted by molar-refractivity contribution is -0.240. The summed E-state index contributed by atoms with van der Waals surface area (Å²) in [6.07, 6.45) is 1.82. The number of nitrogens with one attached hydrogen (secondary N) is 1. The standard InChI is InChI=1S/C25H26BrNO6/c1-5-30-19-12-14(11-17(26)22(19)31-6-2)20(16-13-27-18-10-8-7-9-15(16)18)21-23(28)32-25(3,4)33-24(21)29/h7-13,20-21,27H,5-6H2,1-4H3/t20-/m1/s1. The number of carbonyl (C=O) groups is 2. The highest BCUT2D eigenvalue weighted by molar-refractivity contribution is 9.10. The molecule has 1 N–H and O–H groups in total. The molecular weight excluding hydrogens is 490 g/mol. The Kier molecular flexibility index (Phi) is 6.38. The number of ether oxygens (including phenoxy) is 4. The van der Waals surface area contributed by atoms with Crippen molar-refractivity contribution in [2.75, 3.05) is 13.2 Å². The monoisotopic (exact) mass is 515 g/mol. The zero-order valence-corrected chi connectivity index (χ0v) is 20.5. The number of fused-ring (bicyclic) bond motifs is 1. The van der Waals surface area contributed by atoms with E-state index in [1.165, 1.54) is 0 Å². The highest BCUT2D eigenvalue weighted by Gasteiger charge is 2.49. The van der Waals surface area contributed by atoms with Crippen molar-refractivity contribution in [2.45, 2.75) is 39.4 Å². The SMILES string of the molecule is CCOc1cc([C@H](c2c[nH]c3ccccc23)C2C(=O)OC(C)(C)OC2=O)cc(Br)c1OCC. The molecule has 2 heterocycles. The third-order valence-corrected chi connectivity index (χ3v) is 6.06. The number of benzene rings is 2. The average molecular weight is 516 g/mol. The summed E-state index contributed by atoms with van der Waals surface area (Å²) in [7, 11) is 0. The Balaban J connectivity index is 1.92. The molecule has 1 fully saturated rings. The van der Waals surface area contributed by atoms with Gasteiger partial charge in [0, 0.05) is 36.9 Å². The lowest BCUT2D eigenvalue weighted by Gasteiger charge is -2.36. The van der Waals surface area contributed by atoms with Crippen molar-refractivity contribution in [1.29, 1.82) is 0 Å². The second-order valence-electron chi connectivity index (χ2n) is 8.18. The third-order valence-electron chi connectivity index (χ3n) is 5.47. The van der Waals surface area contributed by atoms with Gasteiger partial charge in [-0.05, 0) is 59.1 Å². The van der Waals surface area contributed by atoms with Crippen LogP contribution in [0.25, 0.3) is 10.9 Å². The van der Waals surface area contributed by atoms with Crippen LogP contribution in [-0.2, 0) is 19.1 Å². The van der Waals surface area contributed by atoms with Crippen LogP contribution in [0.5, 0.6) is 11.5 Å². The van der Waals surface area contributed by atoms with Gasteiger partial charge in [0.25, 0.3) is 5.79 Å². The summed E-state index contributed by atoms with van der Waals surface area (Å²) in [6, 6.07) is 11.4. The van der Waals surface area contributed by atoms with E-state index in [9.17, 15) is 9.59 Å².